The number of aliphatic hydroxyl groups is 1. The average Bonchev–Trinajstić information content (AvgIpc) is 2.61. The van der Waals surface area contributed by atoms with Gasteiger partial charge in [-0.1, -0.05) is 12.1 Å². The number of rotatable bonds is 6. The summed E-state index contributed by atoms with van der Waals surface area (Å²) in [6.45, 7) is 0.704. The van der Waals surface area contributed by atoms with Crippen molar-refractivity contribution in [2.24, 2.45) is 0 Å². The molecule has 0 bridgehead atoms. The third-order valence-electron chi connectivity index (χ3n) is 3.73. The summed E-state index contributed by atoms with van der Waals surface area (Å²) in [4.78, 5) is 15.3. The van der Waals surface area contributed by atoms with Crippen molar-refractivity contribution in [3.05, 3.63) is 48.8 Å². The Balaban J connectivity index is 2.05. The lowest BCUT2D eigenvalue weighted by Crippen LogP contribution is -2.32. The Kier molecular flexibility index (Phi) is 4.98. The van der Waals surface area contributed by atoms with Crippen molar-refractivity contribution in [3.63, 3.8) is 0 Å². The number of methoxy groups -OCH3 is 1. The summed E-state index contributed by atoms with van der Waals surface area (Å²) in [5.74, 6) is 1.42. The van der Waals surface area contributed by atoms with Crippen molar-refractivity contribution >= 4 is 16.7 Å². The van der Waals surface area contributed by atoms with Crippen LogP contribution in [0, 0.1) is 0 Å². The number of anilines is 1. The summed E-state index contributed by atoms with van der Waals surface area (Å²) >= 11 is 0. The largest absolute Gasteiger partial charge is 0.389 e. The molecule has 3 rings (SSSR count). The molecule has 0 amide bonds. The first kappa shape index (κ1) is 16.3. The Labute approximate surface area is 140 Å². The highest BCUT2D eigenvalue weighted by molar-refractivity contribution is 5.90. The molecule has 2 aromatic heterocycles. The summed E-state index contributed by atoms with van der Waals surface area (Å²) < 4.78 is 5.00. The van der Waals surface area contributed by atoms with Crippen LogP contribution in [-0.2, 0) is 4.74 Å². The lowest BCUT2D eigenvalue weighted by molar-refractivity contribution is 0.0694. The third-order valence-corrected chi connectivity index (χ3v) is 3.73. The maximum atomic E-state index is 10.0. The van der Waals surface area contributed by atoms with Gasteiger partial charge in [0.15, 0.2) is 5.82 Å². The van der Waals surface area contributed by atoms with E-state index in [1.54, 1.807) is 19.5 Å². The van der Waals surface area contributed by atoms with Gasteiger partial charge in [-0.15, -0.1) is 0 Å². The van der Waals surface area contributed by atoms with E-state index < -0.39 is 6.10 Å². The van der Waals surface area contributed by atoms with Crippen molar-refractivity contribution in [3.8, 4) is 11.4 Å². The number of ether oxygens (including phenoxy) is 1. The highest BCUT2D eigenvalue weighted by Gasteiger charge is 2.15. The number of fused-ring (bicyclic) bond motifs is 1. The van der Waals surface area contributed by atoms with Gasteiger partial charge in [-0.05, 0) is 24.3 Å². The molecule has 6 nitrogen and oxygen atoms in total. The van der Waals surface area contributed by atoms with Crippen molar-refractivity contribution in [2.75, 3.05) is 32.2 Å². The van der Waals surface area contributed by atoms with Crippen LogP contribution in [0.15, 0.2) is 48.8 Å². The van der Waals surface area contributed by atoms with Gasteiger partial charge in [-0.25, -0.2) is 9.97 Å². The summed E-state index contributed by atoms with van der Waals surface area (Å²) in [5, 5.41) is 11.0. The van der Waals surface area contributed by atoms with Gasteiger partial charge >= 0.3 is 0 Å². The van der Waals surface area contributed by atoms with Crippen LogP contribution in [0.25, 0.3) is 22.3 Å². The molecule has 0 saturated carbocycles. The SMILES string of the molecule is COC[C@@H](O)CN(C)c1nc(-c2ccncc2)nc2ccccc12. The van der Waals surface area contributed by atoms with E-state index in [4.69, 9.17) is 9.72 Å². The van der Waals surface area contributed by atoms with E-state index in [-0.39, 0.29) is 6.61 Å². The second-order valence-electron chi connectivity index (χ2n) is 5.61. The molecular formula is C18H20N4O2. The molecular weight excluding hydrogens is 304 g/mol. The van der Waals surface area contributed by atoms with Gasteiger partial charge in [0, 0.05) is 44.0 Å². The first-order valence-corrected chi connectivity index (χ1v) is 7.74. The van der Waals surface area contributed by atoms with Crippen LogP contribution in [0.3, 0.4) is 0 Å². The Morgan fingerprint density at radius 3 is 2.62 bits per heavy atom. The van der Waals surface area contributed by atoms with Crippen LogP contribution < -0.4 is 4.90 Å². The summed E-state index contributed by atoms with van der Waals surface area (Å²) in [7, 11) is 3.48. The average molecular weight is 324 g/mol. The third kappa shape index (κ3) is 3.50. The molecule has 0 aliphatic carbocycles. The molecule has 0 fully saturated rings. The van der Waals surface area contributed by atoms with E-state index >= 15 is 0 Å². The molecule has 24 heavy (non-hydrogen) atoms. The highest BCUT2D eigenvalue weighted by atomic mass is 16.5. The molecule has 1 N–H and O–H groups in total. The van der Waals surface area contributed by atoms with E-state index in [0.717, 1.165) is 22.3 Å². The number of hydrogen-bond donors (Lipinski definition) is 1. The minimum Gasteiger partial charge on any atom is -0.389 e. The van der Waals surface area contributed by atoms with Gasteiger partial charge in [-0.3, -0.25) is 4.98 Å². The molecule has 0 aliphatic heterocycles. The number of likely N-dealkylation sites (N-methyl/N-ethyl adjacent to an activating group) is 1. The number of para-hydroxylation sites is 1. The lowest BCUT2D eigenvalue weighted by Gasteiger charge is -2.23. The topological polar surface area (TPSA) is 71.4 Å². The first-order valence-electron chi connectivity index (χ1n) is 7.74. The second-order valence-corrected chi connectivity index (χ2v) is 5.61. The maximum Gasteiger partial charge on any atom is 0.162 e. The van der Waals surface area contributed by atoms with Gasteiger partial charge in [0.05, 0.1) is 18.2 Å². The Morgan fingerprint density at radius 1 is 1.12 bits per heavy atom. The molecule has 0 aliphatic rings. The number of hydrogen-bond acceptors (Lipinski definition) is 6. The van der Waals surface area contributed by atoms with Gasteiger partial charge in [0.2, 0.25) is 0 Å². The molecule has 0 spiro atoms. The van der Waals surface area contributed by atoms with Crippen molar-refractivity contribution in [2.45, 2.75) is 6.10 Å². The fraction of sp³-hybridized carbons (Fsp3) is 0.278. The van der Waals surface area contributed by atoms with E-state index in [1.165, 1.54) is 0 Å². The van der Waals surface area contributed by atoms with Crippen LogP contribution in [0.1, 0.15) is 0 Å². The van der Waals surface area contributed by atoms with Crippen LogP contribution in [0.2, 0.25) is 0 Å². The smallest absolute Gasteiger partial charge is 0.162 e. The van der Waals surface area contributed by atoms with E-state index in [2.05, 4.69) is 9.97 Å². The molecule has 1 atom stereocenters. The van der Waals surface area contributed by atoms with Crippen molar-refractivity contribution in [1.29, 1.82) is 0 Å². The Hall–Kier alpha value is -2.57. The number of benzene rings is 1. The van der Waals surface area contributed by atoms with Crippen LogP contribution in [0.4, 0.5) is 5.82 Å². The number of aromatic nitrogens is 3. The quantitative estimate of drug-likeness (QED) is 0.749. The molecule has 0 unspecified atom stereocenters. The first-order chi connectivity index (χ1) is 11.7. The van der Waals surface area contributed by atoms with Crippen LogP contribution >= 0.6 is 0 Å². The number of pyridine rings is 1. The summed E-state index contributed by atoms with van der Waals surface area (Å²) in [6.07, 6.45) is 2.86. The lowest BCUT2D eigenvalue weighted by atomic mass is 10.2. The Morgan fingerprint density at radius 2 is 1.88 bits per heavy atom. The summed E-state index contributed by atoms with van der Waals surface area (Å²) in [6, 6.07) is 11.6. The van der Waals surface area contributed by atoms with Crippen LogP contribution in [-0.4, -0.2) is 53.5 Å². The molecule has 2 heterocycles. The van der Waals surface area contributed by atoms with Gasteiger partial charge < -0.3 is 14.7 Å². The zero-order valence-electron chi connectivity index (χ0n) is 13.8. The molecule has 0 radical (unpaired) electrons. The van der Waals surface area contributed by atoms with E-state index in [0.29, 0.717) is 12.4 Å². The molecule has 0 saturated heterocycles. The molecule has 1 aromatic carbocycles. The highest BCUT2D eigenvalue weighted by Crippen LogP contribution is 2.26. The normalized spacial score (nSPS) is 12.3. The standard InChI is InChI=1S/C18H20N4O2/c1-22(11-14(23)12-24-2)18-15-5-3-4-6-16(15)20-17(21-18)13-7-9-19-10-8-13/h3-10,14,23H,11-12H2,1-2H3/t14-/m0/s1. The Bertz CT molecular complexity index is 810. The number of aliphatic hydroxyl groups excluding tert-OH is 1. The number of nitrogens with zero attached hydrogens (tertiary/aromatic N) is 4. The fourth-order valence-electron chi connectivity index (χ4n) is 2.63. The van der Waals surface area contributed by atoms with Crippen molar-refractivity contribution in [1.82, 2.24) is 15.0 Å². The van der Waals surface area contributed by atoms with Gasteiger partial charge in [0.1, 0.15) is 5.82 Å². The molecule has 3 aromatic rings. The summed E-state index contributed by atoms with van der Waals surface area (Å²) in [5.41, 5.74) is 1.77. The zero-order chi connectivity index (χ0) is 16.9. The fourth-order valence-corrected chi connectivity index (χ4v) is 2.63. The molecule has 124 valence electrons. The van der Waals surface area contributed by atoms with E-state index in [1.807, 2.05) is 48.3 Å². The van der Waals surface area contributed by atoms with Gasteiger partial charge in [-0.2, -0.15) is 0 Å². The minimum atomic E-state index is -0.585. The predicted octanol–water partition coefficient (Wildman–Crippen LogP) is 2.14. The monoisotopic (exact) mass is 324 g/mol. The predicted molar refractivity (Wildman–Crippen MR) is 93.9 cm³/mol. The van der Waals surface area contributed by atoms with E-state index in [9.17, 15) is 5.11 Å². The maximum absolute atomic E-state index is 10.0. The molecule has 6 heteroatoms. The minimum absolute atomic E-state index is 0.282. The van der Waals surface area contributed by atoms with Crippen molar-refractivity contribution < 1.29 is 9.84 Å². The second kappa shape index (κ2) is 7.33. The zero-order valence-corrected chi connectivity index (χ0v) is 13.8. The van der Waals surface area contributed by atoms with Gasteiger partial charge in [0.25, 0.3) is 0 Å². The van der Waals surface area contributed by atoms with Crippen LogP contribution in [0.5, 0.6) is 0 Å².